The Kier molecular flexibility index (Phi) is 3.06. The van der Waals surface area contributed by atoms with E-state index in [1.165, 1.54) is 16.7 Å². The minimum Gasteiger partial charge on any atom is -0.335 e. The molecule has 0 bridgehead atoms. The number of hydrogen-bond donors (Lipinski definition) is 1. The summed E-state index contributed by atoms with van der Waals surface area (Å²) in [6.45, 7) is 0. The van der Waals surface area contributed by atoms with Crippen LogP contribution in [-0.4, -0.2) is 9.55 Å². The Bertz CT molecular complexity index is 731. The predicted octanol–water partition coefficient (Wildman–Crippen LogP) is 2.91. The predicted molar refractivity (Wildman–Crippen MR) is 73.8 cm³/mol. The fourth-order valence-corrected chi connectivity index (χ4v) is 2.83. The summed E-state index contributed by atoms with van der Waals surface area (Å²) in [5, 5.41) is 0. The van der Waals surface area contributed by atoms with Crippen LogP contribution in [0.3, 0.4) is 0 Å². The first-order chi connectivity index (χ1) is 9.16. The van der Waals surface area contributed by atoms with E-state index in [1.54, 1.807) is 12.1 Å². The van der Waals surface area contributed by atoms with E-state index in [0.717, 1.165) is 36.9 Å². The zero-order valence-corrected chi connectivity index (χ0v) is 11.1. The number of fused-ring (bicyclic) bond motifs is 1. The maximum absolute atomic E-state index is 13.0. The number of H-pyrrole nitrogens is 1. The smallest absolute Gasteiger partial charge is 0.262 e. The number of nitrogens with one attached hydrogen (secondary N) is 1. The summed E-state index contributed by atoms with van der Waals surface area (Å²) >= 11 is 5.25. The molecule has 1 heterocycles. The van der Waals surface area contributed by atoms with Crippen LogP contribution in [-0.2, 0) is 12.8 Å². The molecule has 19 heavy (non-hydrogen) atoms. The average molecular weight is 276 g/mol. The van der Waals surface area contributed by atoms with Gasteiger partial charge in [0.1, 0.15) is 5.82 Å². The number of aryl methyl sites for hydroxylation is 1. The van der Waals surface area contributed by atoms with Gasteiger partial charge in [0.2, 0.25) is 0 Å². The van der Waals surface area contributed by atoms with E-state index in [4.69, 9.17) is 12.2 Å². The Morgan fingerprint density at radius 1 is 1.16 bits per heavy atom. The Balaban J connectivity index is 2.24. The van der Waals surface area contributed by atoms with Crippen LogP contribution in [0.1, 0.15) is 24.1 Å². The van der Waals surface area contributed by atoms with Crippen LogP contribution in [0.5, 0.6) is 0 Å². The lowest BCUT2D eigenvalue weighted by Crippen LogP contribution is -2.28. The molecule has 0 saturated heterocycles. The van der Waals surface area contributed by atoms with Crippen LogP contribution < -0.4 is 5.56 Å². The van der Waals surface area contributed by atoms with E-state index in [9.17, 15) is 9.18 Å². The Hall–Kier alpha value is -1.75. The molecule has 0 aliphatic heterocycles. The molecule has 5 heteroatoms. The second-order valence-corrected chi connectivity index (χ2v) is 5.10. The molecular formula is C14H13FN2OS. The van der Waals surface area contributed by atoms with Gasteiger partial charge in [-0.05, 0) is 62.2 Å². The Morgan fingerprint density at radius 3 is 2.58 bits per heavy atom. The number of aromatic nitrogens is 2. The van der Waals surface area contributed by atoms with E-state index < -0.39 is 0 Å². The lowest BCUT2D eigenvalue weighted by molar-refractivity contribution is 0.626. The zero-order valence-electron chi connectivity index (χ0n) is 10.3. The molecule has 0 saturated carbocycles. The molecule has 1 aromatic carbocycles. The molecule has 1 aliphatic rings. The second kappa shape index (κ2) is 4.74. The van der Waals surface area contributed by atoms with Crippen molar-refractivity contribution in [3.05, 3.63) is 56.5 Å². The quantitative estimate of drug-likeness (QED) is 0.813. The van der Waals surface area contributed by atoms with Crippen LogP contribution in [0.15, 0.2) is 29.1 Å². The average Bonchev–Trinajstić information content (AvgIpc) is 2.41. The van der Waals surface area contributed by atoms with Gasteiger partial charge < -0.3 is 4.98 Å². The van der Waals surface area contributed by atoms with Gasteiger partial charge in [-0.1, -0.05) is 0 Å². The van der Waals surface area contributed by atoms with E-state index in [1.807, 2.05) is 0 Å². The number of benzene rings is 1. The van der Waals surface area contributed by atoms with Crippen molar-refractivity contribution in [2.24, 2.45) is 0 Å². The van der Waals surface area contributed by atoms with Gasteiger partial charge in [0.05, 0.1) is 5.69 Å². The van der Waals surface area contributed by atoms with Crippen molar-refractivity contribution in [2.45, 2.75) is 25.7 Å². The summed E-state index contributed by atoms with van der Waals surface area (Å²) in [6, 6.07) is 5.79. The van der Waals surface area contributed by atoms with E-state index >= 15 is 0 Å². The van der Waals surface area contributed by atoms with Gasteiger partial charge in [0.15, 0.2) is 4.77 Å². The highest BCUT2D eigenvalue weighted by atomic mass is 32.1. The molecule has 98 valence electrons. The number of rotatable bonds is 1. The van der Waals surface area contributed by atoms with Crippen LogP contribution in [0.25, 0.3) is 5.69 Å². The molecular weight excluding hydrogens is 263 g/mol. The van der Waals surface area contributed by atoms with Crippen molar-refractivity contribution in [2.75, 3.05) is 0 Å². The van der Waals surface area contributed by atoms with Gasteiger partial charge in [-0.3, -0.25) is 9.36 Å². The molecule has 2 aromatic rings. The summed E-state index contributed by atoms with van der Waals surface area (Å²) in [6.07, 6.45) is 3.76. The van der Waals surface area contributed by atoms with E-state index in [0.29, 0.717) is 10.5 Å². The topological polar surface area (TPSA) is 37.8 Å². The second-order valence-electron chi connectivity index (χ2n) is 4.71. The molecule has 0 spiro atoms. The van der Waals surface area contributed by atoms with E-state index in [2.05, 4.69) is 4.98 Å². The third-order valence-electron chi connectivity index (χ3n) is 3.47. The molecule has 0 radical (unpaired) electrons. The molecule has 0 fully saturated rings. The molecule has 1 aliphatic carbocycles. The highest BCUT2D eigenvalue weighted by Gasteiger charge is 2.16. The summed E-state index contributed by atoms with van der Waals surface area (Å²) in [7, 11) is 0. The van der Waals surface area contributed by atoms with Crippen molar-refractivity contribution < 1.29 is 4.39 Å². The molecule has 3 nitrogen and oxygen atoms in total. The third-order valence-corrected chi connectivity index (χ3v) is 3.76. The summed E-state index contributed by atoms with van der Waals surface area (Å²) < 4.78 is 14.8. The van der Waals surface area contributed by atoms with Gasteiger partial charge in [-0.25, -0.2) is 4.39 Å². The molecule has 3 rings (SSSR count). The van der Waals surface area contributed by atoms with Crippen molar-refractivity contribution >= 4 is 12.2 Å². The van der Waals surface area contributed by atoms with Crippen LogP contribution in [0.2, 0.25) is 0 Å². The third kappa shape index (κ3) is 2.14. The summed E-state index contributed by atoms with van der Waals surface area (Å²) in [4.78, 5) is 15.6. The first-order valence-electron chi connectivity index (χ1n) is 6.30. The van der Waals surface area contributed by atoms with Crippen molar-refractivity contribution in [1.82, 2.24) is 9.55 Å². The molecule has 1 N–H and O–H groups in total. The van der Waals surface area contributed by atoms with Crippen molar-refractivity contribution in [3.8, 4) is 5.69 Å². The Morgan fingerprint density at radius 2 is 1.84 bits per heavy atom. The highest BCUT2D eigenvalue weighted by molar-refractivity contribution is 7.71. The first kappa shape index (κ1) is 12.3. The monoisotopic (exact) mass is 276 g/mol. The van der Waals surface area contributed by atoms with Gasteiger partial charge >= 0.3 is 0 Å². The van der Waals surface area contributed by atoms with E-state index in [-0.39, 0.29) is 11.4 Å². The van der Waals surface area contributed by atoms with Crippen molar-refractivity contribution in [3.63, 3.8) is 0 Å². The maximum Gasteiger partial charge on any atom is 0.262 e. The number of halogens is 1. The lowest BCUT2D eigenvalue weighted by Gasteiger charge is -2.17. The van der Waals surface area contributed by atoms with Gasteiger partial charge in [0, 0.05) is 11.3 Å². The first-order valence-corrected chi connectivity index (χ1v) is 6.70. The highest BCUT2D eigenvalue weighted by Crippen LogP contribution is 2.17. The Labute approximate surface area is 114 Å². The number of nitrogens with zero attached hydrogens (tertiary/aromatic N) is 1. The SMILES string of the molecule is O=c1c2c([nH]c(=S)n1-c1ccc(F)cc1)CCCC2. The van der Waals surface area contributed by atoms with Crippen molar-refractivity contribution in [1.29, 1.82) is 0 Å². The summed E-state index contributed by atoms with van der Waals surface area (Å²) in [5.41, 5.74) is 2.29. The summed E-state index contributed by atoms with van der Waals surface area (Å²) in [5.74, 6) is -0.329. The maximum atomic E-state index is 13.0. The minimum atomic E-state index is -0.329. The van der Waals surface area contributed by atoms with Gasteiger partial charge in [0.25, 0.3) is 5.56 Å². The number of hydrogen-bond acceptors (Lipinski definition) is 2. The van der Waals surface area contributed by atoms with Gasteiger partial charge in [-0.2, -0.15) is 0 Å². The fraction of sp³-hybridized carbons (Fsp3) is 0.286. The van der Waals surface area contributed by atoms with Crippen LogP contribution in [0.4, 0.5) is 4.39 Å². The largest absolute Gasteiger partial charge is 0.335 e. The standard InChI is InChI=1S/C14H13FN2OS/c15-9-5-7-10(8-6-9)17-13(18)11-3-1-2-4-12(11)16-14(17)19/h5-8H,1-4H2,(H,16,19). The molecule has 1 aromatic heterocycles. The fourth-order valence-electron chi connectivity index (χ4n) is 2.52. The van der Waals surface area contributed by atoms with Crippen LogP contribution in [0, 0.1) is 10.6 Å². The van der Waals surface area contributed by atoms with Crippen LogP contribution >= 0.6 is 12.2 Å². The normalized spacial score (nSPS) is 14.2. The molecule has 0 atom stereocenters. The molecule has 0 amide bonds. The lowest BCUT2D eigenvalue weighted by atomic mass is 9.97. The number of aromatic amines is 1. The van der Waals surface area contributed by atoms with Gasteiger partial charge in [-0.15, -0.1) is 0 Å². The zero-order chi connectivity index (χ0) is 13.4. The molecule has 0 unspecified atom stereocenters. The minimum absolute atomic E-state index is 0.0786.